The van der Waals surface area contributed by atoms with E-state index in [2.05, 4.69) is 20.1 Å². The lowest BCUT2D eigenvalue weighted by Crippen LogP contribution is -2.26. The molecule has 0 aromatic carbocycles. The molecule has 4 aromatic heterocycles. The second-order valence-corrected chi connectivity index (χ2v) is 6.35. The third-order valence-corrected chi connectivity index (χ3v) is 4.67. The van der Waals surface area contributed by atoms with Gasteiger partial charge in [0.1, 0.15) is 0 Å². The molecule has 0 bridgehead atoms. The molecule has 1 atom stereocenters. The molecule has 5 heterocycles. The summed E-state index contributed by atoms with van der Waals surface area (Å²) in [6, 6.07) is 5.56. The molecule has 26 heavy (non-hydrogen) atoms. The van der Waals surface area contributed by atoms with E-state index in [1.54, 1.807) is 33.9 Å². The first-order valence-corrected chi connectivity index (χ1v) is 8.56. The number of aromatic nitrogens is 6. The number of hydrogen-bond acceptors (Lipinski definition) is 6. The summed E-state index contributed by atoms with van der Waals surface area (Å²) >= 11 is 0. The largest absolute Gasteiger partial charge is 0.376 e. The molecule has 130 valence electrons. The van der Waals surface area contributed by atoms with Crippen LogP contribution in [-0.2, 0) is 11.3 Å². The molecule has 0 amide bonds. The molecule has 0 spiro atoms. The third-order valence-electron chi connectivity index (χ3n) is 4.67. The Labute approximate surface area is 148 Å². The Morgan fingerprint density at radius 2 is 2.12 bits per heavy atom. The maximum atomic E-state index is 12.8. The van der Waals surface area contributed by atoms with Crippen LogP contribution >= 0.6 is 0 Å². The SMILES string of the molecule is O=c1c2cnc3nc(-c4ccncc4)nn3c2ccn1C[C@@H]1CCCO1. The smallest absolute Gasteiger partial charge is 0.261 e. The minimum absolute atomic E-state index is 0.0895. The van der Waals surface area contributed by atoms with E-state index in [-0.39, 0.29) is 11.7 Å². The summed E-state index contributed by atoms with van der Waals surface area (Å²) in [6.07, 6.45) is 8.88. The van der Waals surface area contributed by atoms with Crippen LogP contribution < -0.4 is 5.56 Å². The Hall–Kier alpha value is -3.13. The predicted octanol–water partition coefficient (Wildman–Crippen LogP) is 1.68. The highest BCUT2D eigenvalue weighted by Gasteiger charge is 2.18. The zero-order valence-corrected chi connectivity index (χ0v) is 13.9. The lowest BCUT2D eigenvalue weighted by molar-refractivity contribution is 0.0963. The molecule has 1 aliphatic rings. The Morgan fingerprint density at radius 3 is 2.92 bits per heavy atom. The summed E-state index contributed by atoms with van der Waals surface area (Å²) < 4.78 is 8.94. The third kappa shape index (κ3) is 2.46. The molecule has 1 aliphatic heterocycles. The van der Waals surface area contributed by atoms with Gasteiger partial charge in [0, 0.05) is 37.0 Å². The lowest BCUT2D eigenvalue weighted by atomic mass is 10.2. The van der Waals surface area contributed by atoms with E-state index in [0.717, 1.165) is 25.0 Å². The van der Waals surface area contributed by atoms with E-state index in [9.17, 15) is 4.79 Å². The van der Waals surface area contributed by atoms with Crippen molar-refractivity contribution < 1.29 is 4.74 Å². The van der Waals surface area contributed by atoms with Gasteiger partial charge in [-0.3, -0.25) is 9.78 Å². The number of fused-ring (bicyclic) bond motifs is 3. The summed E-state index contributed by atoms with van der Waals surface area (Å²) in [6.45, 7) is 1.33. The number of hydrogen-bond donors (Lipinski definition) is 0. The van der Waals surface area contributed by atoms with Gasteiger partial charge in [-0.25, -0.2) is 4.98 Å². The maximum Gasteiger partial charge on any atom is 0.261 e. The summed E-state index contributed by atoms with van der Waals surface area (Å²) in [4.78, 5) is 25.6. The normalized spacial score (nSPS) is 17.3. The average molecular weight is 348 g/mol. The van der Waals surface area contributed by atoms with E-state index >= 15 is 0 Å². The number of pyridine rings is 2. The van der Waals surface area contributed by atoms with Crippen LogP contribution in [0.4, 0.5) is 0 Å². The van der Waals surface area contributed by atoms with Gasteiger partial charge in [-0.05, 0) is 31.0 Å². The molecule has 0 unspecified atom stereocenters. The van der Waals surface area contributed by atoms with E-state index < -0.39 is 0 Å². The molecule has 8 nitrogen and oxygen atoms in total. The number of nitrogens with zero attached hydrogens (tertiary/aromatic N) is 6. The van der Waals surface area contributed by atoms with Crippen LogP contribution in [0.2, 0.25) is 0 Å². The van der Waals surface area contributed by atoms with Crippen molar-refractivity contribution >= 4 is 16.7 Å². The van der Waals surface area contributed by atoms with Crippen molar-refractivity contribution in [1.82, 2.24) is 29.1 Å². The Balaban J connectivity index is 1.62. The van der Waals surface area contributed by atoms with Gasteiger partial charge in [0.25, 0.3) is 11.3 Å². The zero-order valence-electron chi connectivity index (χ0n) is 13.9. The van der Waals surface area contributed by atoms with Gasteiger partial charge < -0.3 is 9.30 Å². The molecular weight excluding hydrogens is 332 g/mol. The van der Waals surface area contributed by atoms with Gasteiger partial charge in [-0.1, -0.05) is 0 Å². The van der Waals surface area contributed by atoms with E-state index in [0.29, 0.717) is 29.0 Å². The second kappa shape index (κ2) is 5.99. The molecule has 8 heteroatoms. The Morgan fingerprint density at radius 1 is 1.23 bits per heavy atom. The fourth-order valence-corrected chi connectivity index (χ4v) is 3.33. The summed E-state index contributed by atoms with van der Waals surface area (Å²) in [5.74, 6) is 1.01. The highest BCUT2D eigenvalue weighted by Crippen LogP contribution is 2.18. The molecule has 0 saturated carbocycles. The first-order chi connectivity index (χ1) is 12.8. The summed E-state index contributed by atoms with van der Waals surface area (Å²) in [5.41, 5.74) is 1.45. The van der Waals surface area contributed by atoms with Crippen LogP contribution in [0.25, 0.3) is 28.1 Å². The molecule has 0 radical (unpaired) electrons. The van der Waals surface area contributed by atoms with Crippen LogP contribution in [-0.4, -0.2) is 41.8 Å². The van der Waals surface area contributed by atoms with Crippen molar-refractivity contribution in [3.05, 3.63) is 53.3 Å². The molecular formula is C18H16N6O2. The standard InChI is InChI=1S/C18H16N6O2/c25-17-14-10-20-18-21-16(12-3-6-19-7-4-12)22-24(18)15(14)5-8-23(17)11-13-2-1-9-26-13/h3-8,10,13H,1-2,9,11H2/t13-/m0/s1. The minimum Gasteiger partial charge on any atom is -0.376 e. The fourth-order valence-electron chi connectivity index (χ4n) is 3.33. The minimum atomic E-state index is -0.0895. The van der Waals surface area contributed by atoms with Gasteiger partial charge in [-0.15, -0.1) is 5.10 Å². The maximum absolute atomic E-state index is 12.8. The molecule has 0 aliphatic carbocycles. The van der Waals surface area contributed by atoms with Crippen molar-refractivity contribution in [2.75, 3.05) is 6.61 Å². The van der Waals surface area contributed by atoms with Crippen LogP contribution in [0.5, 0.6) is 0 Å². The molecule has 1 saturated heterocycles. The highest BCUT2D eigenvalue weighted by molar-refractivity contribution is 5.79. The zero-order chi connectivity index (χ0) is 17.5. The van der Waals surface area contributed by atoms with Gasteiger partial charge in [0.15, 0.2) is 5.82 Å². The molecule has 5 rings (SSSR count). The topological polar surface area (TPSA) is 87.2 Å². The van der Waals surface area contributed by atoms with Crippen molar-refractivity contribution in [2.24, 2.45) is 0 Å². The van der Waals surface area contributed by atoms with Gasteiger partial charge in [-0.2, -0.15) is 9.50 Å². The number of rotatable bonds is 3. The molecule has 1 fully saturated rings. The summed E-state index contributed by atoms with van der Waals surface area (Å²) in [5, 5.41) is 5.05. The summed E-state index contributed by atoms with van der Waals surface area (Å²) in [7, 11) is 0. The highest BCUT2D eigenvalue weighted by atomic mass is 16.5. The van der Waals surface area contributed by atoms with Crippen molar-refractivity contribution in [3.8, 4) is 11.4 Å². The quantitative estimate of drug-likeness (QED) is 0.560. The number of ether oxygens (including phenoxy) is 1. The second-order valence-electron chi connectivity index (χ2n) is 6.35. The van der Waals surface area contributed by atoms with Gasteiger partial charge >= 0.3 is 0 Å². The monoisotopic (exact) mass is 348 g/mol. The predicted molar refractivity (Wildman–Crippen MR) is 94.8 cm³/mol. The van der Waals surface area contributed by atoms with E-state index in [1.807, 2.05) is 18.2 Å². The van der Waals surface area contributed by atoms with Crippen LogP contribution in [0.3, 0.4) is 0 Å². The molecule has 0 N–H and O–H groups in total. The van der Waals surface area contributed by atoms with E-state index in [1.165, 1.54) is 0 Å². The van der Waals surface area contributed by atoms with Gasteiger partial charge in [0.2, 0.25) is 0 Å². The van der Waals surface area contributed by atoms with Crippen LogP contribution in [0.15, 0.2) is 47.8 Å². The average Bonchev–Trinajstić information content (AvgIpc) is 3.34. The van der Waals surface area contributed by atoms with Crippen molar-refractivity contribution in [2.45, 2.75) is 25.5 Å². The van der Waals surface area contributed by atoms with Crippen molar-refractivity contribution in [3.63, 3.8) is 0 Å². The first kappa shape index (κ1) is 15.2. The van der Waals surface area contributed by atoms with Crippen LogP contribution in [0.1, 0.15) is 12.8 Å². The fraction of sp³-hybridized carbons (Fsp3) is 0.278. The van der Waals surface area contributed by atoms with E-state index in [4.69, 9.17) is 4.74 Å². The lowest BCUT2D eigenvalue weighted by Gasteiger charge is -2.12. The Bertz CT molecular complexity index is 1140. The molecule has 4 aromatic rings. The Kier molecular flexibility index (Phi) is 3.49. The van der Waals surface area contributed by atoms with Crippen LogP contribution in [0, 0.1) is 0 Å². The van der Waals surface area contributed by atoms with Crippen molar-refractivity contribution in [1.29, 1.82) is 0 Å². The first-order valence-electron chi connectivity index (χ1n) is 8.56. The van der Waals surface area contributed by atoms with Gasteiger partial charge in [0.05, 0.1) is 23.6 Å².